The summed E-state index contributed by atoms with van der Waals surface area (Å²) in [5.74, 6) is -1.36. The number of aromatic amines is 2. The van der Waals surface area contributed by atoms with Gasteiger partial charge in [0.05, 0.1) is 5.41 Å². The van der Waals surface area contributed by atoms with E-state index in [1.54, 1.807) is 0 Å². The van der Waals surface area contributed by atoms with E-state index in [0.29, 0.717) is 12.8 Å². The number of aliphatic carboxylic acids is 1. The number of carboxylic acids is 1. The molecule has 0 radical (unpaired) electrons. The lowest BCUT2D eigenvalue weighted by molar-refractivity contribution is -0.153. The Morgan fingerprint density at radius 2 is 2.18 bits per heavy atom. The number of aromatic nitrogens is 2. The topological polar surface area (TPSA) is 115 Å². The van der Waals surface area contributed by atoms with Gasteiger partial charge in [0.2, 0.25) is 0 Å². The average molecular weight is 239 g/mol. The molecule has 1 aromatic rings. The molecule has 92 valence electrons. The molecule has 1 aliphatic rings. The largest absolute Gasteiger partial charge is 0.481 e. The molecule has 0 saturated heterocycles. The Bertz CT molecular complexity index is 498. The molecule has 1 aliphatic carbocycles. The van der Waals surface area contributed by atoms with E-state index in [0.717, 1.165) is 6.42 Å². The summed E-state index contributed by atoms with van der Waals surface area (Å²) in [4.78, 5) is 38.0. The molecule has 1 aromatic heterocycles. The van der Waals surface area contributed by atoms with Crippen LogP contribution in [0.15, 0.2) is 11.0 Å². The quantitative estimate of drug-likeness (QED) is 0.576. The summed E-state index contributed by atoms with van der Waals surface area (Å²) in [5, 5.41) is 11.6. The first-order valence-electron chi connectivity index (χ1n) is 5.33. The summed E-state index contributed by atoms with van der Waals surface area (Å²) in [7, 11) is 0. The molecule has 0 aliphatic heterocycles. The average Bonchev–Trinajstić information content (AvgIpc) is 2.62. The maximum Gasteiger partial charge on any atom is 0.323 e. The number of carbonyl (C=O) groups is 2. The zero-order valence-corrected chi connectivity index (χ0v) is 9.08. The minimum Gasteiger partial charge on any atom is -0.481 e. The van der Waals surface area contributed by atoms with Crippen molar-refractivity contribution in [3.63, 3.8) is 0 Å². The van der Waals surface area contributed by atoms with Gasteiger partial charge in [0.25, 0.3) is 5.91 Å². The van der Waals surface area contributed by atoms with Crippen LogP contribution in [0.25, 0.3) is 0 Å². The molecule has 2 rings (SSSR count). The monoisotopic (exact) mass is 239 g/mol. The van der Waals surface area contributed by atoms with Gasteiger partial charge in [-0.15, -0.1) is 0 Å². The Hall–Kier alpha value is -2.05. The molecule has 0 bridgehead atoms. The van der Waals surface area contributed by atoms with Crippen LogP contribution < -0.4 is 11.0 Å². The fourth-order valence-corrected chi connectivity index (χ4v) is 1.87. The summed E-state index contributed by atoms with van der Waals surface area (Å²) in [6.45, 7) is 0.0916. The Balaban J connectivity index is 1.96. The third-order valence-electron chi connectivity index (χ3n) is 3.19. The van der Waals surface area contributed by atoms with E-state index >= 15 is 0 Å². The van der Waals surface area contributed by atoms with E-state index in [1.807, 2.05) is 0 Å². The van der Waals surface area contributed by atoms with Crippen LogP contribution in [0.3, 0.4) is 0 Å². The van der Waals surface area contributed by atoms with Gasteiger partial charge in [-0.2, -0.15) is 0 Å². The first kappa shape index (κ1) is 11.4. The Morgan fingerprint density at radius 1 is 1.47 bits per heavy atom. The number of carboxylic acid groups (broad SMARTS) is 1. The molecule has 4 N–H and O–H groups in total. The van der Waals surface area contributed by atoms with Gasteiger partial charge in [-0.3, -0.25) is 9.59 Å². The van der Waals surface area contributed by atoms with Crippen LogP contribution in [0.1, 0.15) is 29.8 Å². The van der Waals surface area contributed by atoms with E-state index < -0.39 is 23.0 Å². The normalized spacial score (nSPS) is 17.2. The molecule has 0 aromatic carbocycles. The van der Waals surface area contributed by atoms with Crippen LogP contribution >= 0.6 is 0 Å². The first-order chi connectivity index (χ1) is 8.03. The van der Waals surface area contributed by atoms with Crippen molar-refractivity contribution in [1.82, 2.24) is 15.3 Å². The lowest BCUT2D eigenvalue weighted by Crippen LogP contribution is -2.47. The minimum absolute atomic E-state index is 0.0916. The van der Waals surface area contributed by atoms with E-state index in [1.165, 1.54) is 6.20 Å². The first-order valence-corrected chi connectivity index (χ1v) is 5.33. The maximum absolute atomic E-state index is 11.6. The lowest BCUT2D eigenvalue weighted by Gasteiger charge is -2.37. The molecule has 1 amide bonds. The van der Waals surface area contributed by atoms with Crippen molar-refractivity contribution >= 4 is 11.9 Å². The molecule has 17 heavy (non-hydrogen) atoms. The maximum atomic E-state index is 11.6. The van der Waals surface area contributed by atoms with Crippen LogP contribution in [-0.2, 0) is 4.79 Å². The van der Waals surface area contributed by atoms with Gasteiger partial charge >= 0.3 is 11.7 Å². The highest BCUT2D eigenvalue weighted by Gasteiger charge is 2.44. The van der Waals surface area contributed by atoms with Crippen molar-refractivity contribution in [2.24, 2.45) is 5.41 Å². The molecule has 0 spiro atoms. The van der Waals surface area contributed by atoms with Crippen molar-refractivity contribution in [3.05, 3.63) is 22.4 Å². The lowest BCUT2D eigenvalue weighted by atomic mass is 9.69. The Kier molecular flexibility index (Phi) is 2.74. The zero-order valence-electron chi connectivity index (χ0n) is 9.08. The van der Waals surface area contributed by atoms with Crippen molar-refractivity contribution < 1.29 is 14.7 Å². The van der Waals surface area contributed by atoms with Gasteiger partial charge in [-0.05, 0) is 12.8 Å². The summed E-state index contributed by atoms with van der Waals surface area (Å²) in [6, 6.07) is 0. The van der Waals surface area contributed by atoms with E-state index in [9.17, 15) is 14.4 Å². The highest BCUT2D eigenvalue weighted by molar-refractivity contribution is 5.92. The second-order valence-corrected chi connectivity index (χ2v) is 4.28. The Labute approximate surface area is 96.2 Å². The summed E-state index contributed by atoms with van der Waals surface area (Å²) < 4.78 is 0. The third-order valence-corrected chi connectivity index (χ3v) is 3.19. The molecule has 7 nitrogen and oxygen atoms in total. The van der Waals surface area contributed by atoms with Crippen LogP contribution in [0.4, 0.5) is 0 Å². The van der Waals surface area contributed by atoms with Gasteiger partial charge < -0.3 is 20.4 Å². The number of imidazole rings is 1. The zero-order chi connectivity index (χ0) is 12.5. The van der Waals surface area contributed by atoms with Crippen LogP contribution in [0, 0.1) is 5.41 Å². The molecule has 1 fully saturated rings. The number of amides is 1. The van der Waals surface area contributed by atoms with Crippen molar-refractivity contribution in [3.8, 4) is 0 Å². The SMILES string of the molecule is O=C(NCC1(C(=O)O)CCC1)c1c[nH]c(=O)[nH]1. The molecule has 0 atom stereocenters. The van der Waals surface area contributed by atoms with E-state index in [4.69, 9.17) is 5.11 Å². The molecule has 1 saturated carbocycles. The summed E-state index contributed by atoms with van der Waals surface area (Å²) in [6.07, 6.45) is 3.27. The predicted octanol–water partition coefficient (Wildman–Crippen LogP) is -0.312. The summed E-state index contributed by atoms with van der Waals surface area (Å²) in [5.41, 5.74) is -1.19. The number of hydrogen-bond acceptors (Lipinski definition) is 3. The highest BCUT2D eigenvalue weighted by atomic mass is 16.4. The van der Waals surface area contributed by atoms with Crippen LogP contribution in [-0.4, -0.2) is 33.5 Å². The molecule has 0 unspecified atom stereocenters. The van der Waals surface area contributed by atoms with E-state index in [2.05, 4.69) is 15.3 Å². The van der Waals surface area contributed by atoms with E-state index in [-0.39, 0.29) is 12.2 Å². The van der Waals surface area contributed by atoms with Crippen molar-refractivity contribution in [2.45, 2.75) is 19.3 Å². The standard InChI is InChI=1S/C10H13N3O4/c14-7(6-4-11-9(17)13-6)12-5-10(8(15)16)2-1-3-10/h4H,1-3,5H2,(H,12,14)(H,15,16)(H2,11,13,17). The second kappa shape index (κ2) is 4.08. The highest BCUT2D eigenvalue weighted by Crippen LogP contribution is 2.40. The van der Waals surface area contributed by atoms with Gasteiger partial charge in [0.1, 0.15) is 5.69 Å². The van der Waals surface area contributed by atoms with Crippen LogP contribution in [0.5, 0.6) is 0 Å². The van der Waals surface area contributed by atoms with Gasteiger partial charge in [-0.1, -0.05) is 6.42 Å². The van der Waals surface area contributed by atoms with Crippen molar-refractivity contribution in [1.29, 1.82) is 0 Å². The third kappa shape index (κ3) is 2.08. The summed E-state index contributed by atoms with van der Waals surface area (Å²) >= 11 is 0. The number of nitrogens with one attached hydrogen (secondary N) is 3. The number of rotatable bonds is 4. The minimum atomic E-state index is -0.883. The van der Waals surface area contributed by atoms with Gasteiger partial charge in [0.15, 0.2) is 0 Å². The molecular formula is C10H13N3O4. The second-order valence-electron chi connectivity index (χ2n) is 4.28. The fraction of sp³-hybridized carbons (Fsp3) is 0.500. The molecular weight excluding hydrogens is 226 g/mol. The van der Waals surface area contributed by atoms with Crippen LogP contribution in [0.2, 0.25) is 0 Å². The Morgan fingerprint density at radius 3 is 2.59 bits per heavy atom. The van der Waals surface area contributed by atoms with Gasteiger partial charge in [0, 0.05) is 12.7 Å². The smallest absolute Gasteiger partial charge is 0.323 e. The fourth-order valence-electron chi connectivity index (χ4n) is 1.87. The van der Waals surface area contributed by atoms with Gasteiger partial charge in [-0.25, -0.2) is 4.79 Å². The number of carbonyl (C=O) groups excluding carboxylic acids is 1. The molecule has 7 heteroatoms. The van der Waals surface area contributed by atoms with Crippen molar-refractivity contribution in [2.75, 3.05) is 6.54 Å². The predicted molar refractivity (Wildman–Crippen MR) is 57.7 cm³/mol. The number of H-pyrrole nitrogens is 2. The molecule has 1 heterocycles. The number of hydrogen-bond donors (Lipinski definition) is 4.